The van der Waals surface area contributed by atoms with E-state index >= 15 is 0 Å². The maximum Gasteiger partial charge on any atom is 0.321 e. The molecule has 1 saturated heterocycles. The molecule has 1 aromatic rings. The fraction of sp³-hybridized carbons (Fsp3) is 0.429. The quantitative estimate of drug-likeness (QED) is 0.867. The Kier molecular flexibility index (Phi) is 3.12. The maximum absolute atomic E-state index is 12.2. The lowest BCUT2D eigenvalue weighted by molar-refractivity contribution is -0.146. The number of carbonyl (C=O) groups is 2. The molecule has 0 spiro atoms. The number of nitrogens with zero attached hydrogens (tertiary/aromatic N) is 1. The predicted molar refractivity (Wildman–Crippen MR) is 73.5 cm³/mol. The average molecular weight is 292 g/mol. The highest BCUT2D eigenvalue weighted by Crippen LogP contribution is 2.35. The zero-order valence-corrected chi connectivity index (χ0v) is 11.6. The van der Waals surface area contributed by atoms with Crippen molar-refractivity contribution in [2.24, 2.45) is 5.41 Å². The molecule has 112 valence electrons. The molecule has 0 radical (unpaired) electrons. The molecule has 2 N–H and O–H groups in total. The van der Waals surface area contributed by atoms with Crippen LogP contribution in [0.4, 0.5) is 10.5 Å². The van der Waals surface area contributed by atoms with Gasteiger partial charge >= 0.3 is 12.0 Å². The van der Waals surface area contributed by atoms with Crippen LogP contribution < -0.4 is 14.8 Å². The number of carbonyl (C=O) groups excluding carboxylic acids is 1. The van der Waals surface area contributed by atoms with Gasteiger partial charge in [0.25, 0.3) is 0 Å². The molecule has 7 nitrogen and oxygen atoms in total. The third-order valence-corrected chi connectivity index (χ3v) is 3.90. The van der Waals surface area contributed by atoms with E-state index in [1.165, 1.54) is 4.90 Å². The van der Waals surface area contributed by atoms with Crippen LogP contribution in [0.15, 0.2) is 18.2 Å². The minimum absolute atomic E-state index is 0.176. The summed E-state index contributed by atoms with van der Waals surface area (Å²) >= 11 is 0. The molecular formula is C14H16N2O5. The van der Waals surface area contributed by atoms with Gasteiger partial charge in [-0.3, -0.25) is 4.79 Å². The van der Waals surface area contributed by atoms with Gasteiger partial charge < -0.3 is 24.8 Å². The molecule has 2 aliphatic rings. The van der Waals surface area contributed by atoms with Gasteiger partial charge in [0.1, 0.15) is 0 Å². The van der Waals surface area contributed by atoms with Crippen molar-refractivity contribution in [3.63, 3.8) is 0 Å². The van der Waals surface area contributed by atoms with Crippen LogP contribution in [-0.2, 0) is 4.79 Å². The second-order valence-corrected chi connectivity index (χ2v) is 5.54. The van der Waals surface area contributed by atoms with E-state index in [1.54, 1.807) is 25.1 Å². The first-order valence-corrected chi connectivity index (χ1v) is 6.67. The molecule has 0 saturated carbocycles. The summed E-state index contributed by atoms with van der Waals surface area (Å²) in [5.74, 6) is 0.359. The third-order valence-electron chi connectivity index (χ3n) is 3.90. The van der Waals surface area contributed by atoms with E-state index in [2.05, 4.69) is 5.32 Å². The van der Waals surface area contributed by atoms with Crippen molar-refractivity contribution in [3.05, 3.63) is 18.2 Å². The largest absolute Gasteiger partial charge is 0.481 e. The number of carboxylic acids is 1. The fourth-order valence-corrected chi connectivity index (χ4v) is 2.49. The lowest BCUT2D eigenvalue weighted by Gasteiger charge is -2.20. The van der Waals surface area contributed by atoms with Crippen molar-refractivity contribution < 1.29 is 24.2 Å². The molecule has 1 aromatic carbocycles. The average Bonchev–Trinajstić information content (AvgIpc) is 3.05. The highest BCUT2D eigenvalue weighted by atomic mass is 16.7. The number of benzene rings is 1. The lowest BCUT2D eigenvalue weighted by Crippen LogP contribution is -2.37. The second kappa shape index (κ2) is 4.83. The van der Waals surface area contributed by atoms with Crippen LogP contribution in [0.3, 0.4) is 0 Å². The van der Waals surface area contributed by atoms with Crippen molar-refractivity contribution in [1.29, 1.82) is 0 Å². The molecule has 0 aliphatic carbocycles. The number of aliphatic carboxylic acids is 1. The number of ether oxygens (including phenoxy) is 2. The molecule has 1 atom stereocenters. The van der Waals surface area contributed by atoms with Gasteiger partial charge in [0.15, 0.2) is 11.5 Å². The monoisotopic (exact) mass is 292 g/mol. The molecule has 1 unspecified atom stereocenters. The van der Waals surface area contributed by atoms with Crippen LogP contribution in [-0.4, -0.2) is 41.9 Å². The number of likely N-dealkylation sites (tertiary alicyclic amines) is 1. The Morgan fingerprint density at radius 3 is 2.81 bits per heavy atom. The van der Waals surface area contributed by atoms with Crippen molar-refractivity contribution in [3.8, 4) is 11.5 Å². The molecular weight excluding hydrogens is 276 g/mol. The van der Waals surface area contributed by atoms with Crippen LogP contribution >= 0.6 is 0 Å². The summed E-state index contributed by atoms with van der Waals surface area (Å²) in [5.41, 5.74) is -0.278. The van der Waals surface area contributed by atoms with Crippen molar-refractivity contribution in [1.82, 2.24) is 4.90 Å². The number of urea groups is 1. The van der Waals surface area contributed by atoms with Crippen molar-refractivity contribution in [2.75, 3.05) is 25.2 Å². The van der Waals surface area contributed by atoms with Gasteiger partial charge in [0.2, 0.25) is 6.79 Å². The number of rotatable bonds is 2. The topological polar surface area (TPSA) is 88.1 Å². The molecule has 2 heterocycles. The van der Waals surface area contributed by atoms with E-state index in [9.17, 15) is 14.7 Å². The molecule has 21 heavy (non-hydrogen) atoms. The summed E-state index contributed by atoms with van der Waals surface area (Å²) in [5, 5.41) is 11.9. The summed E-state index contributed by atoms with van der Waals surface area (Å²) in [6.07, 6.45) is 0.455. The summed E-state index contributed by atoms with van der Waals surface area (Å²) < 4.78 is 10.4. The van der Waals surface area contributed by atoms with E-state index in [1.807, 2.05) is 0 Å². The number of anilines is 1. The van der Waals surface area contributed by atoms with Gasteiger partial charge in [0, 0.05) is 24.8 Å². The Morgan fingerprint density at radius 2 is 2.10 bits per heavy atom. The maximum atomic E-state index is 12.2. The Labute approximate surface area is 121 Å². The summed E-state index contributed by atoms with van der Waals surface area (Å²) in [6, 6.07) is 4.83. The molecule has 2 aliphatic heterocycles. The zero-order valence-electron chi connectivity index (χ0n) is 11.6. The highest BCUT2D eigenvalue weighted by molar-refractivity contribution is 5.90. The third kappa shape index (κ3) is 2.46. The Morgan fingerprint density at radius 1 is 1.33 bits per heavy atom. The van der Waals surface area contributed by atoms with Gasteiger partial charge in [-0.25, -0.2) is 4.79 Å². The minimum Gasteiger partial charge on any atom is -0.481 e. The molecule has 3 rings (SSSR count). The molecule has 1 fully saturated rings. The number of carboxylic acid groups (broad SMARTS) is 1. The SMILES string of the molecule is CC1(C(=O)O)CCN(C(=O)Nc2ccc3c(c2)OCO3)C1. The molecule has 7 heteroatoms. The van der Waals surface area contributed by atoms with Gasteiger partial charge in [-0.15, -0.1) is 0 Å². The van der Waals surface area contributed by atoms with Crippen molar-refractivity contribution in [2.45, 2.75) is 13.3 Å². The number of hydrogen-bond acceptors (Lipinski definition) is 4. The van der Waals surface area contributed by atoms with Gasteiger partial charge in [-0.1, -0.05) is 0 Å². The summed E-state index contributed by atoms with van der Waals surface area (Å²) in [4.78, 5) is 24.9. The Balaban J connectivity index is 1.66. The van der Waals surface area contributed by atoms with Crippen molar-refractivity contribution >= 4 is 17.7 Å². The van der Waals surface area contributed by atoms with E-state index in [0.717, 1.165) is 0 Å². The van der Waals surface area contributed by atoms with Crippen LogP contribution in [0, 0.1) is 5.41 Å². The summed E-state index contributed by atoms with van der Waals surface area (Å²) in [7, 11) is 0. The number of fused-ring (bicyclic) bond motifs is 1. The van der Waals surface area contributed by atoms with E-state index in [0.29, 0.717) is 30.2 Å². The standard InChI is InChI=1S/C14H16N2O5/c1-14(12(17)18)4-5-16(7-14)13(19)15-9-2-3-10-11(6-9)21-8-20-10/h2-3,6H,4-5,7-8H2,1H3,(H,15,19)(H,17,18). The van der Waals surface area contributed by atoms with E-state index < -0.39 is 11.4 Å². The minimum atomic E-state index is -0.874. The Bertz CT molecular complexity index is 603. The highest BCUT2D eigenvalue weighted by Gasteiger charge is 2.42. The Hall–Kier alpha value is -2.44. The summed E-state index contributed by atoms with van der Waals surface area (Å²) in [6.45, 7) is 2.47. The number of nitrogens with one attached hydrogen (secondary N) is 1. The molecule has 0 bridgehead atoms. The zero-order chi connectivity index (χ0) is 15.0. The first-order valence-electron chi connectivity index (χ1n) is 6.67. The number of hydrogen-bond donors (Lipinski definition) is 2. The molecule has 2 amide bonds. The van der Waals surface area contributed by atoms with Gasteiger partial charge in [0.05, 0.1) is 5.41 Å². The van der Waals surface area contributed by atoms with E-state index in [-0.39, 0.29) is 19.4 Å². The van der Waals surface area contributed by atoms with Gasteiger partial charge in [-0.2, -0.15) is 0 Å². The number of amides is 2. The normalized spacial score (nSPS) is 23.2. The van der Waals surface area contributed by atoms with Crippen LogP contribution in [0.1, 0.15) is 13.3 Å². The first kappa shape index (κ1) is 13.5. The lowest BCUT2D eigenvalue weighted by atomic mass is 9.90. The van der Waals surface area contributed by atoms with Crippen LogP contribution in [0.25, 0.3) is 0 Å². The fourth-order valence-electron chi connectivity index (χ4n) is 2.49. The molecule has 0 aromatic heterocycles. The van der Waals surface area contributed by atoms with Crippen LogP contribution in [0.2, 0.25) is 0 Å². The van der Waals surface area contributed by atoms with E-state index in [4.69, 9.17) is 9.47 Å². The van der Waals surface area contributed by atoms with Crippen LogP contribution in [0.5, 0.6) is 11.5 Å². The van der Waals surface area contributed by atoms with Gasteiger partial charge in [-0.05, 0) is 25.5 Å². The first-order chi connectivity index (χ1) is 9.98. The second-order valence-electron chi connectivity index (χ2n) is 5.54. The smallest absolute Gasteiger partial charge is 0.321 e. The predicted octanol–water partition coefficient (Wildman–Crippen LogP) is 1.74.